The van der Waals surface area contributed by atoms with Gasteiger partial charge in [-0.3, -0.25) is 0 Å². The maximum Gasteiger partial charge on any atom is 0.245 e. The maximum atomic E-state index is 4.62. The second-order valence-electron chi connectivity index (χ2n) is 5.34. The zero-order valence-corrected chi connectivity index (χ0v) is 11.9. The van der Waals surface area contributed by atoms with Gasteiger partial charge in [0, 0.05) is 13.1 Å². The summed E-state index contributed by atoms with van der Waals surface area (Å²) < 4.78 is 0. The number of nitrogens with one attached hydrogen (secondary N) is 1. The van der Waals surface area contributed by atoms with Crippen LogP contribution in [-0.2, 0) is 0 Å². The maximum absolute atomic E-state index is 4.62. The van der Waals surface area contributed by atoms with Gasteiger partial charge in [-0.05, 0) is 44.0 Å². The van der Waals surface area contributed by atoms with Crippen molar-refractivity contribution < 1.29 is 0 Å². The van der Waals surface area contributed by atoms with E-state index in [0.29, 0.717) is 0 Å². The molecular weight excluding hydrogens is 250 g/mol. The molecule has 5 nitrogen and oxygen atoms in total. The van der Waals surface area contributed by atoms with Crippen LogP contribution < -0.4 is 10.2 Å². The summed E-state index contributed by atoms with van der Waals surface area (Å²) in [6, 6.07) is 7.89. The van der Waals surface area contributed by atoms with Crippen molar-refractivity contribution in [1.29, 1.82) is 0 Å². The van der Waals surface area contributed by atoms with Crippen LogP contribution in [0.4, 0.5) is 5.95 Å². The molecule has 20 heavy (non-hydrogen) atoms. The third-order valence-electron chi connectivity index (χ3n) is 3.93. The monoisotopic (exact) mass is 271 g/mol. The minimum Gasteiger partial charge on any atom is -0.339 e. The summed E-state index contributed by atoms with van der Waals surface area (Å²) in [5.74, 6) is 1.55. The first kappa shape index (κ1) is 13.2. The molecule has 2 aromatic rings. The van der Waals surface area contributed by atoms with Crippen LogP contribution in [0.1, 0.15) is 19.8 Å². The molecule has 1 saturated heterocycles. The minimum atomic E-state index is 0.769. The molecule has 1 aliphatic heterocycles. The molecule has 0 aliphatic carbocycles. The summed E-state index contributed by atoms with van der Waals surface area (Å²) in [5.41, 5.74) is 1.78. The molecule has 0 saturated carbocycles. The molecule has 106 valence electrons. The van der Waals surface area contributed by atoms with Gasteiger partial charge in [0.15, 0.2) is 0 Å². The van der Waals surface area contributed by atoms with Crippen LogP contribution >= 0.6 is 0 Å². The molecule has 0 atom stereocenters. The van der Waals surface area contributed by atoms with Crippen LogP contribution in [0.3, 0.4) is 0 Å². The molecular formula is C15H21N5. The number of hydrogen-bond acceptors (Lipinski definition) is 5. The van der Waals surface area contributed by atoms with Gasteiger partial charge in [0.2, 0.25) is 5.95 Å². The van der Waals surface area contributed by atoms with Crippen molar-refractivity contribution in [1.82, 2.24) is 20.5 Å². The predicted molar refractivity (Wildman–Crippen MR) is 80.8 cm³/mol. The molecule has 0 unspecified atom stereocenters. The SMILES string of the molecule is CCNCC1CCN(c2nnc3ccccc3n2)CC1. The second kappa shape index (κ2) is 6.13. The zero-order chi connectivity index (χ0) is 13.8. The van der Waals surface area contributed by atoms with Crippen LogP contribution in [-0.4, -0.2) is 41.4 Å². The summed E-state index contributed by atoms with van der Waals surface area (Å²) in [5, 5.41) is 12.0. The molecule has 0 bridgehead atoms. The summed E-state index contributed by atoms with van der Waals surface area (Å²) in [7, 11) is 0. The van der Waals surface area contributed by atoms with Crippen molar-refractivity contribution in [3.8, 4) is 0 Å². The third kappa shape index (κ3) is 2.88. The highest BCUT2D eigenvalue weighted by atomic mass is 15.3. The quantitative estimate of drug-likeness (QED) is 0.919. The Labute approximate surface area is 119 Å². The van der Waals surface area contributed by atoms with Crippen LogP contribution in [0, 0.1) is 5.92 Å². The Morgan fingerprint density at radius 1 is 1.15 bits per heavy atom. The molecule has 1 aromatic carbocycles. The molecule has 3 rings (SSSR count). The Kier molecular flexibility index (Phi) is 4.06. The average molecular weight is 271 g/mol. The standard InChI is InChI=1S/C15H21N5/c1-2-16-11-12-7-9-20(10-8-12)15-17-13-5-3-4-6-14(13)18-19-15/h3-6,12,16H,2,7-11H2,1H3. The number of anilines is 1. The highest BCUT2D eigenvalue weighted by Crippen LogP contribution is 2.20. The van der Waals surface area contributed by atoms with Gasteiger partial charge in [-0.15, -0.1) is 10.2 Å². The first-order valence-corrected chi connectivity index (χ1v) is 7.42. The van der Waals surface area contributed by atoms with Crippen molar-refractivity contribution in [2.75, 3.05) is 31.1 Å². The van der Waals surface area contributed by atoms with Crippen molar-refractivity contribution in [2.45, 2.75) is 19.8 Å². The number of aromatic nitrogens is 3. The topological polar surface area (TPSA) is 53.9 Å². The molecule has 0 radical (unpaired) electrons. The van der Waals surface area contributed by atoms with Gasteiger partial charge in [-0.2, -0.15) is 0 Å². The lowest BCUT2D eigenvalue weighted by molar-refractivity contribution is 0.383. The Balaban J connectivity index is 1.67. The van der Waals surface area contributed by atoms with Crippen molar-refractivity contribution in [3.05, 3.63) is 24.3 Å². The van der Waals surface area contributed by atoms with Gasteiger partial charge >= 0.3 is 0 Å². The summed E-state index contributed by atoms with van der Waals surface area (Å²) >= 11 is 0. The normalized spacial score (nSPS) is 16.8. The van der Waals surface area contributed by atoms with E-state index >= 15 is 0 Å². The second-order valence-corrected chi connectivity index (χ2v) is 5.34. The Morgan fingerprint density at radius 3 is 2.65 bits per heavy atom. The number of para-hydroxylation sites is 1. The fourth-order valence-electron chi connectivity index (χ4n) is 2.69. The minimum absolute atomic E-state index is 0.769. The molecule has 1 aromatic heterocycles. The van der Waals surface area contributed by atoms with Gasteiger partial charge in [-0.1, -0.05) is 19.1 Å². The highest BCUT2D eigenvalue weighted by Gasteiger charge is 2.21. The Morgan fingerprint density at radius 2 is 1.90 bits per heavy atom. The molecule has 5 heteroatoms. The highest BCUT2D eigenvalue weighted by molar-refractivity contribution is 5.74. The average Bonchev–Trinajstić information content (AvgIpc) is 2.53. The lowest BCUT2D eigenvalue weighted by atomic mass is 9.97. The van der Waals surface area contributed by atoms with E-state index in [-0.39, 0.29) is 0 Å². The number of benzene rings is 1. The number of piperidine rings is 1. The van der Waals surface area contributed by atoms with Crippen LogP contribution in [0.2, 0.25) is 0 Å². The van der Waals surface area contributed by atoms with Crippen LogP contribution in [0.15, 0.2) is 24.3 Å². The van der Waals surface area contributed by atoms with E-state index in [0.717, 1.165) is 49.1 Å². The van der Waals surface area contributed by atoms with Gasteiger partial charge in [-0.25, -0.2) is 4.98 Å². The first-order chi connectivity index (χ1) is 9.86. The van der Waals surface area contributed by atoms with E-state index in [1.165, 1.54) is 12.8 Å². The van der Waals surface area contributed by atoms with E-state index < -0.39 is 0 Å². The number of rotatable bonds is 4. The number of fused-ring (bicyclic) bond motifs is 1. The molecule has 1 N–H and O–H groups in total. The van der Waals surface area contributed by atoms with Crippen LogP contribution in [0.25, 0.3) is 11.0 Å². The van der Waals surface area contributed by atoms with E-state index in [4.69, 9.17) is 0 Å². The fraction of sp³-hybridized carbons (Fsp3) is 0.533. The van der Waals surface area contributed by atoms with E-state index in [1.807, 2.05) is 24.3 Å². The zero-order valence-electron chi connectivity index (χ0n) is 11.9. The Hall–Kier alpha value is -1.75. The smallest absolute Gasteiger partial charge is 0.245 e. The molecule has 1 fully saturated rings. The fourth-order valence-corrected chi connectivity index (χ4v) is 2.69. The van der Waals surface area contributed by atoms with E-state index in [9.17, 15) is 0 Å². The lowest BCUT2D eigenvalue weighted by Crippen LogP contribution is -2.38. The van der Waals surface area contributed by atoms with Crippen molar-refractivity contribution >= 4 is 17.0 Å². The van der Waals surface area contributed by atoms with E-state index in [1.54, 1.807) is 0 Å². The van der Waals surface area contributed by atoms with Gasteiger partial charge in [0.05, 0.1) is 5.52 Å². The van der Waals surface area contributed by atoms with E-state index in [2.05, 4.69) is 32.3 Å². The van der Waals surface area contributed by atoms with Crippen molar-refractivity contribution in [3.63, 3.8) is 0 Å². The number of nitrogens with zero attached hydrogens (tertiary/aromatic N) is 4. The van der Waals surface area contributed by atoms with Gasteiger partial charge in [0.1, 0.15) is 5.52 Å². The number of hydrogen-bond donors (Lipinski definition) is 1. The summed E-state index contributed by atoms with van der Waals surface area (Å²) in [4.78, 5) is 6.87. The van der Waals surface area contributed by atoms with Gasteiger partial charge in [0.25, 0.3) is 0 Å². The third-order valence-corrected chi connectivity index (χ3v) is 3.93. The summed E-state index contributed by atoms with van der Waals surface area (Å²) in [6.45, 7) is 6.38. The molecule has 0 spiro atoms. The van der Waals surface area contributed by atoms with Gasteiger partial charge < -0.3 is 10.2 Å². The lowest BCUT2D eigenvalue weighted by Gasteiger charge is -2.31. The summed E-state index contributed by atoms with van der Waals surface area (Å²) in [6.07, 6.45) is 2.40. The predicted octanol–water partition coefficient (Wildman–Crippen LogP) is 1.85. The molecule has 0 amide bonds. The van der Waals surface area contributed by atoms with Crippen LogP contribution in [0.5, 0.6) is 0 Å². The largest absolute Gasteiger partial charge is 0.339 e. The Bertz CT molecular complexity index is 563. The van der Waals surface area contributed by atoms with Crippen molar-refractivity contribution in [2.24, 2.45) is 5.92 Å². The first-order valence-electron chi connectivity index (χ1n) is 7.42. The molecule has 2 heterocycles. The molecule has 1 aliphatic rings.